The second kappa shape index (κ2) is 7.45. The maximum atomic E-state index is 13.7. The third-order valence-corrected chi connectivity index (χ3v) is 5.34. The molecule has 0 amide bonds. The maximum Gasteiger partial charge on any atom is 0.256 e. The number of halogens is 3. The van der Waals surface area contributed by atoms with Crippen molar-refractivity contribution in [2.24, 2.45) is 5.84 Å². The van der Waals surface area contributed by atoms with Gasteiger partial charge in [0.25, 0.3) is 10.0 Å². The lowest BCUT2D eigenvalue weighted by atomic mass is 10.1. The Balaban J connectivity index is 0.00000225. The van der Waals surface area contributed by atoms with Gasteiger partial charge in [0.05, 0.1) is 11.4 Å². The average molecular weight is 385 g/mol. The van der Waals surface area contributed by atoms with Gasteiger partial charge in [0.1, 0.15) is 11.6 Å². The first-order chi connectivity index (χ1) is 11.4. The first-order valence-electron chi connectivity index (χ1n) is 7.09. The summed E-state index contributed by atoms with van der Waals surface area (Å²) in [7, 11) is -4.04. The Labute approximate surface area is 150 Å². The lowest BCUT2D eigenvalue weighted by Gasteiger charge is -2.18. The van der Waals surface area contributed by atoms with E-state index >= 15 is 0 Å². The van der Waals surface area contributed by atoms with Crippen LogP contribution in [0.2, 0.25) is 0 Å². The molecule has 0 aliphatic heterocycles. The summed E-state index contributed by atoms with van der Waals surface area (Å²) in [6.45, 7) is -0.405. The third-order valence-electron chi connectivity index (χ3n) is 3.68. The third kappa shape index (κ3) is 3.80. The Bertz CT molecular complexity index is 1010. The van der Waals surface area contributed by atoms with E-state index in [9.17, 15) is 17.2 Å². The summed E-state index contributed by atoms with van der Waals surface area (Å²) in [6.07, 6.45) is 0. The van der Waals surface area contributed by atoms with E-state index in [2.05, 4.69) is 0 Å². The lowest BCUT2D eigenvalue weighted by Crippen LogP contribution is -2.37. The molecule has 0 aliphatic rings. The zero-order valence-electron chi connectivity index (χ0n) is 12.9. The Kier molecular flexibility index (Phi) is 5.74. The van der Waals surface area contributed by atoms with E-state index in [4.69, 9.17) is 5.84 Å². The van der Waals surface area contributed by atoms with Crippen LogP contribution in [0.5, 0.6) is 0 Å². The van der Waals surface area contributed by atoms with Crippen LogP contribution in [-0.4, -0.2) is 12.8 Å². The summed E-state index contributed by atoms with van der Waals surface area (Å²) >= 11 is 0. The van der Waals surface area contributed by atoms with Crippen molar-refractivity contribution >= 4 is 33.2 Å². The summed E-state index contributed by atoms with van der Waals surface area (Å²) in [5.41, 5.74) is -0.0114. The van der Waals surface area contributed by atoms with Crippen molar-refractivity contribution in [2.75, 3.05) is 0 Å². The number of fused-ring (bicyclic) bond motifs is 1. The highest BCUT2D eigenvalue weighted by Crippen LogP contribution is 2.25. The minimum atomic E-state index is -4.04. The smallest absolute Gasteiger partial charge is 0.254 e. The van der Waals surface area contributed by atoms with Crippen LogP contribution in [0.1, 0.15) is 5.56 Å². The van der Waals surface area contributed by atoms with Crippen LogP contribution in [0.25, 0.3) is 10.8 Å². The molecule has 0 saturated carbocycles. The van der Waals surface area contributed by atoms with Crippen LogP contribution in [0.4, 0.5) is 8.78 Å². The SMILES string of the molecule is Cl.NN(Cc1ccc(F)cc1F)S(=O)(=O)c1cccc2ccccc12. The maximum absolute atomic E-state index is 13.7. The molecule has 0 aliphatic carbocycles. The number of nitrogens with zero attached hydrogens (tertiary/aromatic N) is 1. The van der Waals surface area contributed by atoms with Crippen molar-refractivity contribution < 1.29 is 17.2 Å². The summed E-state index contributed by atoms with van der Waals surface area (Å²) < 4.78 is 52.7. The Morgan fingerprint density at radius 2 is 1.64 bits per heavy atom. The van der Waals surface area contributed by atoms with Crippen LogP contribution in [0.15, 0.2) is 65.6 Å². The summed E-state index contributed by atoms with van der Waals surface area (Å²) in [4.78, 5) is 0.0330. The predicted octanol–water partition coefficient (Wildman–Crippen LogP) is 3.60. The standard InChI is InChI=1S/C17H14F2N2O2S.ClH/c18-14-9-8-13(16(19)10-14)11-21(20)24(22,23)17-7-3-5-12-4-1-2-6-15(12)17;/h1-10H,11,20H2;1H. The van der Waals surface area contributed by atoms with Crippen molar-refractivity contribution in [3.8, 4) is 0 Å². The molecule has 0 radical (unpaired) electrons. The molecule has 3 aromatic rings. The largest absolute Gasteiger partial charge is 0.256 e. The zero-order valence-corrected chi connectivity index (χ0v) is 14.5. The molecule has 0 bridgehead atoms. The van der Waals surface area contributed by atoms with Gasteiger partial charge < -0.3 is 0 Å². The second-order valence-electron chi connectivity index (χ2n) is 5.26. The Morgan fingerprint density at radius 1 is 0.960 bits per heavy atom. The van der Waals surface area contributed by atoms with E-state index < -0.39 is 28.2 Å². The van der Waals surface area contributed by atoms with Gasteiger partial charge in [0.2, 0.25) is 0 Å². The van der Waals surface area contributed by atoms with Gasteiger partial charge >= 0.3 is 0 Å². The molecule has 3 rings (SSSR count). The lowest BCUT2D eigenvalue weighted by molar-refractivity contribution is 0.413. The van der Waals surface area contributed by atoms with Crippen molar-refractivity contribution in [1.29, 1.82) is 0 Å². The fourth-order valence-electron chi connectivity index (χ4n) is 2.45. The summed E-state index contributed by atoms with van der Waals surface area (Å²) in [5.74, 6) is 4.11. The molecule has 25 heavy (non-hydrogen) atoms. The highest BCUT2D eigenvalue weighted by Gasteiger charge is 2.24. The van der Waals surface area contributed by atoms with Crippen LogP contribution < -0.4 is 5.84 Å². The van der Waals surface area contributed by atoms with E-state index in [0.717, 1.165) is 11.5 Å². The van der Waals surface area contributed by atoms with Gasteiger partial charge in [-0.15, -0.1) is 16.8 Å². The number of hydrogen-bond donors (Lipinski definition) is 1. The molecule has 0 saturated heterocycles. The van der Waals surface area contributed by atoms with E-state index in [1.807, 2.05) is 0 Å². The minimum Gasteiger partial charge on any atom is -0.254 e. The van der Waals surface area contributed by atoms with E-state index in [1.165, 1.54) is 12.1 Å². The van der Waals surface area contributed by atoms with Crippen LogP contribution in [0.3, 0.4) is 0 Å². The normalized spacial score (nSPS) is 11.5. The highest BCUT2D eigenvalue weighted by atomic mass is 35.5. The van der Waals surface area contributed by atoms with Crippen LogP contribution in [-0.2, 0) is 16.6 Å². The minimum absolute atomic E-state index is 0. The van der Waals surface area contributed by atoms with Crippen LogP contribution in [0, 0.1) is 11.6 Å². The molecule has 2 N–H and O–H groups in total. The topological polar surface area (TPSA) is 63.4 Å². The zero-order chi connectivity index (χ0) is 17.3. The van der Waals surface area contributed by atoms with Crippen molar-refractivity contribution in [2.45, 2.75) is 11.4 Å². The number of hydrogen-bond acceptors (Lipinski definition) is 3. The van der Waals surface area contributed by atoms with Crippen molar-refractivity contribution in [3.63, 3.8) is 0 Å². The molecule has 0 unspecified atom stereocenters. The van der Waals surface area contributed by atoms with E-state index in [-0.39, 0.29) is 22.9 Å². The van der Waals surface area contributed by atoms with Gasteiger partial charge in [-0.2, -0.15) is 0 Å². The summed E-state index contributed by atoms with van der Waals surface area (Å²) in [5, 5.41) is 1.27. The molecule has 0 aromatic heterocycles. The molecule has 4 nitrogen and oxygen atoms in total. The van der Waals surface area contributed by atoms with Crippen molar-refractivity contribution in [1.82, 2.24) is 4.41 Å². The number of sulfonamides is 1. The molecule has 0 spiro atoms. The molecule has 8 heteroatoms. The van der Waals surface area contributed by atoms with E-state index in [1.54, 1.807) is 36.4 Å². The van der Waals surface area contributed by atoms with Gasteiger partial charge in [-0.3, -0.25) is 5.84 Å². The Hall–Kier alpha value is -2.06. The molecular formula is C17H15ClF2N2O2S. The first-order valence-corrected chi connectivity index (χ1v) is 8.53. The molecule has 0 atom stereocenters. The summed E-state index contributed by atoms with van der Waals surface area (Å²) in [6, 6.07) is 14.7. The number of hydrazine groups is 1. The number of rotatable bonds is 4. The fourth-order valence-corrected chi connectivity index (χ4v) is 3.73. The van der Waals surface area contributed by atoms with Gasteiger partial charge in [-0.1, -0.05) is 42.5 Å². The van der Waals surface area contributed by atoms with Crippen molar-refractivity contribution in [3.05, 3.63) is 77.9 Å². The van der Waals surface area contributed by atoms with Gasteiger partial charge in [0, 0.05) is 17.0 Å². The quantitative estimate of drug-likeness (QED) is 0.552. The highest BCUT2D eigenvalue weighted by molar-refractivity contribution is 7.89. The number of benzene rings is 3. The Morgan fingerprint density at radius 3 is 2.36 bits per heavy atom. The van der Waals surface area contributed by atoms with Gasteiger partial charge in [-0.25, -0.2) is 17.2 Å². The molecular weight excluding hydrogens is 370 g/mol. The van der Waals surface area contributed by atoms with Gasteiger partial charge in [0.15, 0.2) is 0 Å². The first kappa shape index (κ1) is 19.3. The second-order valence-corrected chi connectivity index (χ2v) is 7.12. The van der Waals surface area contributed by atoms with E-state index in [0.29, 0.717) is 15.9 Å². The fraction of sp³-hybridized carbons (Fsp3) is 0.0588. The molecule has 0 fully saturated rings. The number of nitrogens with two attached hydrogens (primary N) is 1. The monoisotopic (exact) mass is 384 g/mol. The molecule has 132 valence electrons. The van der Waals surface area contributed by atoms with Gasteiger partial charge in [-0.05, 0) is 17.5 Å². The molecule has 0 heterocycles. The average Bonchev–Trinajstić information content (AvgIpc) is 2.56. The molecule has 3 aromatic carbocycles. The van der Waals surface area contributed by atoms with Crippen LogP contribution >= 0.6 is 12.4 Å². The predicted molar refractivity (Wildman–Crippen MR) is 94.5 cm³/mol.